The molecule has 130 valence electrons. The molecule has 0 atom stereocenters. The highest BCUT2D eigenvalue weighted by Crippen LogP contribution is 2.32. The standard InChI is InChI=1S/C20H23N3O2/c1-20(2,13-22-19(24)23-14-7-5-4-6-8-14)17-12-21-18-10-9-15(25-3)11-16(17)18/h4-12,21H,13H2,1-3H3,(H2,22,23,24). The molecule has 0 spiro atoms. The van der Waals surface area contributed by atoms with E-state index in [2.05, 4.69) is 29.5 Å². The third-order valence-corrected chi connectivity index (χ3v) is 4.34. The maximum absolute atomic E-state index is 12.1. The summed E-state index contributed by atoms with van der Waals surface area (Å²) in [7, 11) is 1.66. The second kappa shape index (κ2) is 6.89. The molecular weight excluding hydrogens is 314 g/mol. The number of carbonyl (C=O) groups is 1. The lowest BCUT2D eigenvalue weighted by molar-refractivity contribution is 0.249. The van der Waals surface area contributed by atoms with Gasteiger partial charge in [0.25, 0.3) is 0 Å². The van der Waals surface area contributed by atoms with Crippen molar-refractivity contribution in [3.8, 4) is 5.75 Å². The van der Waals surface area contributed by atoms with Crippen molar-refractivity contribution in [3.05, 3.63) is 60.3 Å². The highest BCUT2D eigenvalue weighted by atomic mass is 16.5. The van der Waals surface area contributed by atoms with Gasteiger partial charge in [0.2, 0.25) is 0 Å². The van der Waals surface area contributed by atoms with Crippen LogP contribution in [-0.2, 0) is 5.41 Å². The lowest BCUT2D eigenvalue weighted by atomic mass is 9.84. The Labute approximate surface area is 147 Å². The molecule has 0 bridgehead atoms. The van der Waals surface area contributed by atoms with Crippen molar-refractivity contribution in [1.82, 2.24) is 10.3 Å². The zero-order valence-corrected chi connectivity index (χ0v) is 14.7. The summed E-state index contributed by atoms with van der Waals surface area (Å²) in [4.78, 5) is 15.4. The first-order valence-corrected chi connectivity index (χ1v) is 8.25. The normalized spacial score (nSPS) is 11.3. The van der Waals surface area contributed by atoms with Gasteiger partial charge in [0.15, 0.2) is 0 Å². The molecule has 2 aromatic carbocycles. The van der Waals surface area contributed by atoms with E-state index in [4.69, 9.17) is 4.74 Å². The van der Waals surface area contributed by atoms with E-state index in [0.717, 1.165) is 27.9 Å². The van der Waals surface area contributed by atoms with Gasteiger partial charge in [0.05, 0.1) is 7.11 Å². The summed E-state index contributed by atoms with van der Waals surface area (Å²) in [6.45, 7) is 4.73. The van der Waals surface area contributed by atoms with E-state index < -0.39 is 0 Å². The molecule has 0 aliphatic carbocycles. The minimum absolute atomic E-state index is 0.211. The maximum atomic E-state index is 12.1. The van der Waals surface area contributed by atoms with Crippen LogP contribution < -0.4 is 15.4 Å². The number of urea groups is 1. The Balaban J connectivity index is 1.72. The van der Waals surface area contributed by atoms with Gasteiger partial charge in [-0.05, 0) is 35.9 Å². The average molecular weight is 337 g/mol. The van der Waals surface area contributed by atoms with Crippen LogP contribution in [0.5, 0.6) is 5.75 Å². The van der Waals surface area contributed by atoms with Crippen molar-refractivity contribution >= 4 is 22.6 Å². The van der Waals surface area contributed by atoms with Crippen LogP contribution in [0, 0.1) is 0 Å². The molecule has 0 aliphatic heterocycles. The number of rotatable bonds is 5. The molecule has 1 aromatic heterocycles. The van der Waals surface area contributed by atoms with Crippen molar-refractivity contribution in [2.45, 2.75) is 19.3 Å². The largest absolute Gasteiger partial charge is 0.497 e. The van der Waals surface area contributed by atoms with Gasteiger partial charge in [-0.25, -0.2) is 4.79 Å². The van der Waals surface area contributed by atoms with Crippen LogP contribution in [0.3, 0.4) is 0 Å². The number of anilines is 1. The minimum Gasteiger partial charge on any atom is -0.497 e. The first-order valence-electron chi connectivity index (χ1n) is 8.25. The number of methoxy groups -OCH3 is 1. The summed E-state index contributed by atoms with van der Waals surface area (Å²) in [5.74, 6) is 0.818. The lowest BCUT2D eigenvalue weighted by Gasteiger charge is -2.25. The van der Waals surface area contributed by atoms with Gasteiger partial charge in [-0.3, -0.25) is 0 Å². The Morgan fingerprint density at radius 2 is 1.92 bits per heavy atom. The highest BCUT2D eigenvalue weighted by molar-refractivity contribution is 5.89. The molecule has 0 aliphatic rings. The van der Waals surface area contributed by atoms with Gasteiger partial charge in [0, 0.05) is 34.7 Å². The molecule has 0 saturated carbocycles. The monoisotopic (exact) mass is 337 g/mol. The molecule has 1 heterocycles. The zero-order valence-electron chi connectivity index (χ0n) is 14.7. The number of hydrogen-bond acceptors (Lipinski definition) is 2. The Bertz CT molecular complexity index is 869. The van der Waals surface area contributed by atoms with E-state index in [9.17, 15) is 4.79 Å². The summed E-state index contributed by atoms with van der Waals surface area (Å²) in [5.41, 5.74) is 2.73. The summed E-state index contributed by atoms with van der Waals surface area (Å²) >= 11 is 0. The van der Waals surface area contributed by atoms with Crippen LogP contribution in [0.4, 0.5) is 10.5 Å². The number of carbonyl (C=O) groups excluding carboxylic acids is 1. The van der Waals surface area contributed by atoms with E-state index in [0.29, 0.717) is 6.54 Å². The van der Waals surface area contributed by atoms with E-state index in [1.165, 1.54) is 0 Å². The summed E-state index contributed by atoms with van der Waals surface area (Å²) < 4.78 is 5.33. The van der Waals surface area contributed by atoms with Gasteiger partial charge in [-0.15, -0.1) is 0 Å². The predicted molar refractivity (Wildman–Crippen MR) is 101 cm³/mol. The van der Waals surface area contributed by atoms with Crippen LogP contribution >= 0.6 is 0 Å². The number of ether oxygens (including phenoxy) is 1. The fourth-order valence-electron chi connectivity index (χ4n) is 2.88. The summed E-state index contributed by atoms with van der Waals surface area (Å²) in [5, 5.41) is 6.90. The number of nitrogens with one attached hydrogen (secondary N) is 3. The van der Waals surface area contributed by atoms with Gasteiger partial charge in [-0.1, -0.05) is 32.0 Å². The first kappa shape index (κ1) is 16.9. The van der Waals surface area contributed by atoms with Crippen LogP contribution in [-0.4, -0.2) is 24.7 Å². The van der Waals surface area contributed by atoms with Gasteiger partial charge in [0.1, 0.15) is 5.75 Å². The number of H-pyrrole nitrogens is 1. The second-order valence-electron chi connectivity index (χ2n) is 6.67. The highest BCUT2D eigenvalue weighted by Gasteiger charge is 2.25. The second-order valence-corrected chi connectivity index (χ2v) is 6.67. The Morgan fingerprint density at radius 3 is 2.64 bits per heavy atom. The SMILES string of the molecule is COc1ccc2[nH]cc(C(C)(C)CNC(=O)Nc3ccccc3)c2c1. The molecule has 2 amide bonds. The molecule has 0 fully saturated rings. The molecule has 5 heteroatoms. The van der Waals surface area contributed by atoms with Crippen molar-refractivity contribution in [3.63, 3.8) is 0 Å². The zero-order chi connectivity index (χ0) is 17.9. The number of hydrogen-bond donors (Lipinski definition) is 3. The predicted octanol–water partition coefficient (Wildman–Crippen LogP) is 4.28. The fourth-order valence-corrected chi connectivity index (χ4v) is 2.88. The van der Waals surface area contributed by atoms with Crippen molar-refractivity contribution in [2.24, 2.45) is 0 Å². The van der Waals surface area contributed by atoms with Crippen molar-refractivity contribution in [1.29, 1.82) is 0 Å². The lowest BCUT2D eigenvalue weighted by Crippen LogP contribution is -2.38. The molecular formula is C20H23N3O2. The number of aromatic amines is 1. The average Bonchev–Trinajstić information content (AvgIpc) is 3.05. The number of para-hydroxylation sites is 1. The van der Waals surface area contributed by atoms with E-state index in [1.54, 1.807) is 7.11 Å². The van der Waals surface area contributed by atoms with E-state index in [1.807, 2.05) is 54.7 Å². The Hall–Kier alpha value is -2.95. The van der Waals surface area contributed by atoms with Crippen LogP contribution in [0.1, 0.15) is 19.4 Å². The minimum atomic E-state index is -0.237. The third kappa shape index (κ3) is 3.76. The number of amides is 2. The quantitative estimate of drug-likeness (QED) is 0.651. The molecule has 0 radical (unpaired) electrons. The van der Waals surface area contributed by atoms with Gasteiger partial charge in [-0.2, -0.15) is 0 Å². The van der Waals surface area contributed by atoms with Gasteiger partial charge >= 0.3 is 6.03 Å². The van der Waals surface area contributed by atoms with E-state index in [-0.39, 0.29) is 11.4 Å². The smallest absolute Gasteiger partial charge is 0.319 e. The molecule has 5 nitrogen and oxygen atoms in total. The molecule has 25 heavy (non-hydrogen) atoms. The molecule has 3 N–H and O–H groups in total. The Kier molecular flexibility index (Phi) is 4.65. The number of fused-ring (bicyclic) bond motifs is 1. The first-order chi connectivity index (χ1) is 12.0. The Morgan fingerprint density at radius 1 is 1.16 bits per heavy atom. The van der Waals surface area contributed by atoms with Crippen LogP contribution in [0.2, 0.25) is 0 Å². The fraction of sp³-hybridized carbons (Fsp3) is 0.250. The van der Waals surface area contributed by atoms with E-state index >= 15 is 0 Å². The maximum Gasteiger partial charge on any atom is 0.319 e. The number of aromatic nitrogens is 1. The van der Waals surface area contributed by atoms with Crippen molar-refractivity contribution < 1.29 is 9.53 Å². The van der Waals surface area contributed by atoms with Crippen LogP contribution in [0.25, 0.3) is 10.9 Å². The van der Waals surface area contributed by atoms with Crippen LogP contribution in [0.15, 0.2) is 54.7 Å². The molecule has 3 rings (SSSR count). The molecule has 0 unspecified atom stereocenters. The third-order valence-electron chi connectivity index (χ3n) is 4.34. The summed E-state index contributed by atoms with van der Waals surface area (Å²) in [6.07, 6.45) is 2.00. The van der Waals surface area contributed by atoms with Crippen molar-refractivity contribution in [2.75, 3.05) is 19.0 Å². The van der Waals surface area contributed by atoms with Gasteiger partial charge < -0.3 is 20.4 Å². The number of benzene rings is 2. The summed E-state index contributed by atoms with van der Waals surface area (Å²) in [6, 6.07) is 15.1. The molecule has 0 saturated heterocycles. The molecule has 3 aromatic rings. The topological polar surface area (TPSA) is 66.1 Å².